The predicted molar refractivity (Wildman–Crippen MR) is 85.4 cm³/mol. The molecule has 3 heteroatoms. The first-order valence-electron chi connectivity index (χ1n) is 8.28. The van der Waals surface area contributed by atoms with Crippen molar-refractivity contribution in [2.24, 2.45) is 0 Å². The fourth-order valence-corrected chi connectivity index (χ4v) is 2.96. The van der Waals surface area contributed by atoms with Crippen molar-refractivity contribution in [1.29, 1.82) is 0 Å². The molecule has 0 aromatic heterocycles. The third kappa shape index (κ3) is 5.50. The summed E-state index contributed by atoms with van der Waals surface area (Å²) in [6, 6.07) is 6.52. The van der Waals surface area contributed by atoms with E-state index in [1.54, 1.807) is 0 Å². The van der Waals surface area contributed by atoms with Crippen LogP contribution in [0.1, 0.15) is 55.2 Å². The first kappa shape index (κ1) is 16.0. The summed E-state index contributed by atoms with van der Waals surface area (Å²) in [6.07, 6.45) is 9.38. The third-order valence-electron chi connectivity index (χ3n) is 4.18. The maximum absolute atomic E-state index is 11.9. The number of benzene rings is 1. The molecule has 2 rings (SSSR count). The molecule has 116 valence electrons. The molecule has 0 unspecified atom stereocenters. The molecule has 1 aromatic carbocycles. The number of aliphatic hydroxyl groups is 1. The summed E-state index contributed by atoms with van der Waals surface area (Å²) >= 11 is 0. The van der Waals surface area contributed by atoms with Crippen LogP contribution in [-0.4, -0.2) is 24.2 Å². The van der Waals surface area contributed by atoms with Crippen molar-refractivity contribution < 1.29 is 9.90 Å². The lowest BCUT2D eigenvalue weighted by atomic mass is 9.90. The zero-order valence-corrected chi connectivity index (χ0v) is 12.9. The van der Waals surface area contributed by atoms with Gasteiger partial charge in [-0.25, -0.2) is 0 Å². The molecular formula is C18H27NO2. The zero-order valence-electron chi connectivity index (χ0n) is 12.9. The number of fused-ring (bicyclic) bond motifs is 1. The molecule has 0 radical (unpaired) electrons. The van der Waals surface area contributed by atoms with Crippen LogP contribution < -0.4 is 5.32 Å². The summed E-state index contributed by atoms with van der Waals surface area (Å²) in [5, 5.41) is 11.7. The molecular weight excluding hydrogens is 262 g/mol. The van der Waals surface area contributed by atoms with E-state index in [0.717, 1.165) is 44.2 Å². The number of amides is 1. The van der Waals surface area contributed by atoms with E-state index in [-0.39, 0.29) is 12.5 Å². The Kier molecular flexibility index (Phi) is 6.74. The number of nitrogens with one attached hydrogen (secondary N) is 1. The van der Waals surface area contributed by atoms with Crippen LogP contribution in [0.2, 0.25) is 0 Å². The van der Waals surface area contributed by atoms with Gasteiger partial charge in [-0.15, -0.1) is 0 Å². The van der Waals surface area contributed by atoms with Gasteiger partial charge in [-0.2, -0.15) is 0 Å². The largest absolute Gasteiger partial charge is 0.396 e. The second-order valence-electron chi connectivity index (χ2n) is 5.97. The van der Waals surface area contributed by atoms with Crippen molar-refractivity contribution in [3.8, 4) is 0 Å². The fraction of sp³-hybridized carbons (Fsp3) is 0.611. The van der Waals surface area contributed by atoms with E-state index in [4.69, 9.17) is 5.11 Å². The predicted octanol–water partition coefficient (Wildman–Crippen LogP) is 2.78. The highest BCUT2D eigenvalue weighted by Crippen LogP contribution is 2.22. The van der Waals surface area contributed by atoms with E-state index in [1.807, 2.05) is 0 Å². The van der Waals surface area contributed by atoms with E-state index in [0.29, 0.717) is 6.42 Å². The Bertz CT molecular complexity index is 457. The summed E-state index contributed by atoms with van der Waals surface area (Å²) in [7, 11) is 0. The average Bonchev–Trinajstić information content (AvgIpc) is 2.50. The van der Waals surface area contributed by atoms with E-state index in [2.05, 4.69) is 23.5 Å². The first-order valence-corrected chi connectivity index (χ1v) is 8.28. The Hall–Kier alpha value is -1.35. The molecule has 1 aliphatic carbocycles. The Labute approximate surface area is 127 Å². The smallest absolute Gasteiger partial charge is 0.224 e. The lowest BCUT2D eigenvalue weighted by molar-refractivity contribution is -0.120. The summed E-state index contributed by atoms with van der Waals surface area (Å²) in [5.74, 6) is 0.118. The highest BCUT2D eigenvalue weighted by molar-refractivity contribution is 5.78. The fourth-order valence-electron chi connectivity index (χ4n) is 2.96. The molecule has 0 saturated heterocycles. The lowest BCUT2D eigenvalue weighted by Crippen LogP contribution is -2.26. The molecule has 2 N–H and O–H groups in total. The number of hydrogen-bond acceptors (Lipinski definition) is 2. The minimum Gasteiger partial charge on any atom is -0.396 e. The highest BCUT2D eigenvalue weighted by atomic mass is 16.2. The maximum atomic E-state index is 11.9. The molecule has 1 aromatic rings. The van der Waals surface area contributed by atoms with Gasteiger partial charge in [-0.3, -0.25) is 4.79 Å². The molecule has 3 nitrogen and oxygen atoms in total. The molecule has 0 bridgehead atoms. The van der Waals surface area contributed by atoms with Gasteiger partial charge in [0.05, 0.1) is 6.42 Å². The number of aryl methyl sites for hydroxylation is 2. The first-order chi connectivity index (χ1) is 10.3. The van der Waals surface area contributed by atoms with Crippen LogP contribution in [0.5, 0.6) is 0 Å². The van der Waals surface area contributed by atoms with Crippen molar-refractivity contribution in [3.05, 3.63) is 34.9 Å². The molecule has 0 fully saturated rings. The monoisotopic (exact) mass is 289 g/mol. The van der Waals surface area contributed by atoms with Crippen LogP contribution in [0.25, 0.3) is 0 Å². The van der Waals surface area contributed by atoms with Crippen LogP contribution in [0.15, 0.2) is 18.2 Å². The third-order valence-corrected chi connectivity index (χ3v) is 4.18. The second-order valence-corrected chi connectivity index (χ2v) is 5.97. The van der Waals surface area contributed by atoms with Crippen LogP contribution in [0, 0.1) is 0 Å². The van der Waals surface area contributed by atoms with Crippen LogP contribution in [-0.2, 0) is 24.1 Å². The summed E-state index contributed by atoms with van der Waals surface area (Å²) in [6.45, 7) is 1.01. The minimum absolute atomic E-state index is 0.118. The van der Waals surface area contributed by atoms with Gasteiger partial charge in [0.25, 0.3) is 0 Å². The normalized spacial score (nSPS) is 13.8. The molecule has 21 heavy (non-hydrogen) atoms. The summed E-state index contributed by atoms with van der Waals surface area (Å²) < 4.78 is 0. The van der Waals surface area contributed by atoms with E-state index < -0.39 is 0 Å². The Morgan fingerprint density at radius 2 is 1.81 bits per heavy atom. The van der Waals surface area contributed by atoms with Crippen molar-refractivity contribution in [1.82, 2.24) is 5.32 Å². The molecule has 0 spiro atoms. The Morgan fingerprint density at radius 1 is 1.05 bits per heavy atom. The molecule has 0 saturated carbocycles. The van der Waals surface area contributed by atoms with Crippen molar-refractivity contribution in [2.75, 3.05) is 13.2 Å². The number of aliphatic hydroxyl groups excluding tert-OH is 1. The highest BCUT2D eigenvalue weighted by Gasteiger charge is 2.10. The molecule has 0 aliphatic heterocycles. The molecule has 0 atom stereocenters. The van der Waals surface area contributed by atoms with Gasteiger partial charge in [-0.05, 0) is 55.2 Å². The quantitative estimate of drug-likeness (QED) is 0.723. The minimum atomic E-state index is 0.118. The second kappa shape index (κ2) is 8.83. The number of carbonyl (C=O) groups excluding carboxylic acids is 1. The van der Waals surface area contributed by atoms with Crippen LogP contribution in [0.3, 0.4) is 0 Å². The van der Waals surface area contributed by atoms with E-state index >= 15 is 0 Å². The van der Waals surface area contributed by atoms with Gasteiger partial charge in [0.1, 0.15) is 0 Å². The number of carbonyl (C=O) groups is 1. The zero-order chi connectivity index (χ0) is 14.9. The van der Waals surface area contributed by atoms with E-state index in [1.165, 1.54) is 30.4 Å². The summed E-state index contributed by atoms with van der Waals surface area (Å²) in [5.41, 5.74) is 4.04. The average molecular weight is 289 g/mol. The van der Waals surface area contributed by atoms with Crippen LogP contribution >= 0.6 is 0 Å². The van der Waals surface area contributed by atoms with Crippen molar-refractivity contribution in [3.63, 3.8) is 0 Å². The van der Waals surface area contributed by atoms with Gasteiger partial charge in [0, 0.05) is 13.2 Å². The van der Waals surface area contributed by atoms with Crippen LogP contribution in [0.4, 0.5) is 0 Å². The SMILES string of the molecule is O=C(Cc1ccc2c(c1)CCCC2)NCCCCCCO. The van der Waals surface area contributed by atoms with Gasteiger partial charge in [0.2, 0.25) is 5.91 Å². The van der Waals surface area contributed by atoms with E-state index in [9.17, 15) is 4.79 Å². The van der Waals surface area contributed by atoms with Crippen molar-refractivity contribution in [2.45, 2.75) is 57.8 Å². The number of hydrogen-bond donors (Lipinski definition) is 2. The Balaban J connectivity index is 1.70. The summed E-state index contributed by atoms with van der Waals surface area (Å²) in [4.78, 5) is 11.9. The van der Waals surface area contributed by atoms with Crippen molar-refractivity contribution >= 4 is 5.91 Å². The van der Waals surface area contributed by atoms with Gasteiger partial charge >= 0.3 is 0 Å². The Morgan fingerprint density at radius 3 is 2.62 bits per heavy atom. The van der Waals surface area contributed by atoms with Gasteiger partial charge in [-0.1, -0.05) is 31.0 Å². The topological polar surface area (TPSA) is 49.3 Å². The van der Waals surface area contributed by atoms with Gasteiger partial charge in [0.15, 0.2) is 0 Å². The molecule has 1 amide bonds. The molecule has 0 heterocycles. The lowest BCUT2D eigenvalue weighted by Gasteiger charge is -2.16. The maximum Gasteiger partial charge on any atom is 0.224 e. The molecule has 1 aliphatic rings. The standard InChI is InChI=1S/C18H27NO2/c20-12-6-2-1-5-11-19-18(21)14-15-9-10-16-7-3-4-8-17(16)13-15/h9-10,13,20H,1-8,11-12,14H2,(H,19,21). The van der Waals surface area contributed by atoms with Gasteiger partial charge < -0.3 is 10.4 Å². The number of rotatable bonds is 8. The number of unbranched alkanes of at least 4 members (excludes halogenated alkanes) is 3.